The van der Waals surface area contributed by atoms with Gasteiger partial charge in [-0.2, -0.15) is 0 Å². The van der Waals surface area contributed by atoms with Gasteiger partial charge >= 0.3 is 0 Å². The molecule has 1 amide bonds. The first-order valence-electron chi connectivity index (χ1n) is 6.11. The van der Waals surface area contributed by atoms with Gasteiger partial charge in [-0.3, -0.25) is 4.79 Å². The number of hydrogen-bond donors (Lipinski definition) is 3. The molecular formula is C13H17ClN2O3. The van der Waals surface area contributed by atoms with E-state index in [1.54, 1.807) is 25.3 Å². The van der Waals surface area contributed by atoms with Crippen LogP contribution in [-0.2, 0) is 11.3 Å². The number of aliphatic hydroxyl groups is 1. The summed E-state index contributed by atoms with van der Waals surface area (Å²) in [7, 11) is 1.57. The molecule has 0 saturated carbocycles. The Hall–Kier alpha value is -1.30. The molecule has 104 valence electrons. The van der Waals surface area contributed by atoms with Crippen LogP contribution in [0, 0.1) is 0 Å². The molecule has 1 aromatic rings. The largest absolute Gasteiger partial charge is 0.496 e. The monoisotopic (exact) mass is 284 g/mol. The Bertz CT molecular complexity index is 467. The van der Waals surface area contributed by atoms with Crippen molar-refractivity contribution >= 4 is 17.5 Å². The minimum atomic E-state index is -0.448. The Morgan fingerprint density at radius 1 is 1.63 bits per heavy atom. The van der Waals surface area contributed by atoms with Gasteiger partial charge in [0.2, 0.25) is 5.91 Å². The van der Waals surface area contributed by atoms with Crippen molar-refractivity contribution < 1.29 is 14.6 Å². The zero-order chi connectivity index (χ0) is 13.8. The van der Waals surface area contributed by atoms with Crippen molar-refractivity contribution in [2.24, 2.45) is 0 Å². The number of hydrogen-bond acceptors (Lipinski definition) is 4. The number of ether oxygens (including phenoxy) is 1. The minimum absolute atomic E-state index is 0.126. The number of methoxy groups -OCH3 is 1. The molecular weight excluding hydrogens is 268 g/mol. The molecule has 6 heteroatoms. The van der Waals surface area contributed by atoms with Crippen LogP contribution in [0.3, 0.4) is 0 Å². The van der Waals surface area contributed by atoms with Crippen molar-refractivity contribution in [3.05, 3.63) is 28.8 Å². The number of rotatable bonds is 4. The Morgan fingerprint density at radius 3 is 3.05 bits per heavy atom. The Morgan fingerprint density at radius 2 is 2.42 bits per heavy atom. The third-order valence-electron chi connectivity index (χ3n) is 3.12. The lowest BCUT2D eigenvalue weighted by Gasteiger charge is -2.13. The van der Waals surface area contributed by atoms with E-state index >= 15 is 0 Å². The van der Waals surface area contributed by atoms with Gasteiger partial charge in [0.25, 0.3) is 0 Å². The number of β-amino-alcohol motifs (C(OH)–C–C–N with tert-alkyl or cyclic N) is 1. The molecule has 1 aromatic carbocycles. The van der Waals surface area contributed by atoms with Crippen LogP contribution in [0.2, 0.25) is 5.02 Å². The predicted molar refractivity (Wildman–Crippen MR) is 72.3 cm³/mol. The second-order valence-corrected chi connectivity index (χ2v) is 4.96. The van der Waals surface area contributed by atoms with Crippen LogP contribution in [0.15, 0.2) is 18.2 Å². The summed E-state index contributed by atoms with van der Waals surface area (Å²) in [6, 6.07) is 4.93. The first-order valence-corrected chi connectivity index (χ1v) is 6.49. The maximum Gasteiger partial charge on any atom is 0.237 e. The van der Waals surface area contributed by atoms with E-state index in [2.05, 4.69) is 10.6 Å². The van der Waals surface area contributed by atoms with Crippen LogP contribution in [-0.4, -0.2) is 36.8 Å². The SMILES string of the molecule is COc1ccc(Cl)cc1CNC(=O)C1CC(O)CN1. The first kappa shape index (κ1) is 14.1. The maximum absolute atomic E-state index is 11.9. The zero-order valence-electron chi connectivity index (χ0n) is 10.6. The second-order valence-electron chi connectivity index (χ2n) is 4.52. The van der Waals surface area contributed by atoms with Gasteiger partial charge in [0.05, 0.1) is 19.3 Å². The molecule has 2 unspecified atom stereocenters. The highest BCUT2D eigenvalue weighted by molar-refractivity contribution is 6.30. The van der Waals surface area contributed by atoms with Gasteiger partial charge in [0.15, 0.2) is 0 Å². The minimum Gasteiger partial charge on any atom is -0.496 e. The molecule has 0 radical (unpaired) electrons. The van der Waals surface area contributed by atoms with Gasteiger partial charge in [0.1, 0.15) is 5.75 Å². The average molecular weight is 285 g/mol. The summed E-state index contributed by atoms with van der Waals surface area (Å²) in [4.78, 5) is 11.9. The fraction of sp³-hybridized carbons (Fsp3) is 0.462. The van der Waals surface area contributed by atoms with E-state index in [9.17, 15) is 9.90 Å². The molecule has 1 heterocycles. The van der Waals surface area contributed by atoms with Gasteiger partial charge in [-0.05, 0) is 24.6 Å². The van der Waals surface area contributed by atoms with Crippen molar-refractivity contribution in [1.82, 2.24) is 10.6 Å². The summed E-state index contributed by atoms with van der Waals surface area (Å²) in [5.41, 5.74) is 0.821. The molecule has 0 spiro atoms. The summed E-state index contributed by atoms with van der Waals surface area (Å²) in [6.45, 7) is 0.801. The van der Waals surface area contributed by atoms with Gasteiger partial charge in [0, 0.05) is 23.7 Å². The zero-order valence-corrected chi connectivity index (χ0v) is 11.4. The summed E-state index contributed by atoms with van der Waals surface area (Å²) >= 11 is 5.92. The highest BCUT2D eigenvalue weighted by Crippen LogP contribution is 2.22. The number of aliphatic hydroxyl groups excluding tert-OH is 1. The molecule has 2 atom stereocenters. The maximum atomic E-state index is 11.9. The topological polar surface area (TPSA) is 70.6 Å². The number of carbonyl (C=O) groups excluding carboxylic acids is 1. The highest BCUT2D eigenvalue weighted by atomic mass is 35.5. The predicted octanol–water partition coefficient (Wildman–Crippen LogP) is 0.688. The van der Waals surface area contributed by atoms with E-state index in [1.165, 1.54) is 0 Å². The van der Waals surface area contributed by atoms with Crippen LogP contribution in [0.25, 0.3) is 0 Å². The van der Waals surface area contributed by atoms with Crippen LogP contribution in [0.4, 0.5) is 0 Å². The van der Waals surface area contributed by atoms with E-state index in [0.717, 1.165) is 5.56 Å². The Labute approximate surface area is 116 Å². The fourth-order valence-corrected chi connectivity index (χ4v) is 2.30. The molecule has 0 bridgehead atoms. The lowest BCUT2D eigenvalue weighted by atomic mass is 10.1. The fourth-order valence-electron chi connectivity index (χ4n) is 2.11. The van der Waals surface area contributed by atoms with Crippen LogP contribution >= 0.6 is 11.6 Å². The lowest BCUT2D eigenvalue weighted by Crippen LogP contribution is -2.40. The summed E-state index contributed by atoms with van der Waals surface area (Å²) in [5.74, 6) is 0.558. The summed E-state index contributed by atoms with van der Waals surface area (Å²) < 4.78 is 5.21. The molecule has 2 rings (SSSR count). The van der Waals surface area contributed by atoms with Crippen molar-refractivity contribution in [2.75, 3.05) is 13.7 Å². The lowest BCUT2D eigenvalue weighted by molar-refractivity contribution is -0.123. The van der Waals surface area contributed by atoms with Crippen molar-refractivity contribution in [3.63, 3.8) is 0 Å². The number of halogens is 1. The Kier molecular flexibility index (Phi) is 4.63. The molecule has 3 N–H and O–H groups in total. The second kappa shape index (κ2) is 6.23. The molecule has 1 aliphatic rings. The molecule has 0 aromatic heterocycles. The molecule has 0 aliphatic carbocycles. The summed E-state index contributed by atoms with van der Waals surface area (Å²) in [6.07, 6.45) is -0.00476. The molecule has 1 fully saturated rings. The highest BCUT2D eigenvalue weighted by Gasteiger charge is 2.27. The average Bonchev–Trinajstić information content (AvgIpc) is 2.83. The van der Waals surface area contributed by atoms with E-state index in [4.69, 9.17) is 16.3 Å². The van der Waals surface area contributed by atoms with E-state index in [1.807, 2.05) is 0 Å². The molecule has 5 nitrogen and oxygen atoms in total. The quantitative estimate of drug-likeness (QED) is 0.761. The van der Waals surface area contributed by atoms with E-state index < -0.39 is 6.10 Å². The first-order chi connectivity index (χ1) is 9.10. The van der Waals surface area contributed by atoms with Crippen LogP contribution in [0.1, 0.15) is 12.0 Å². The third kappa shape index (κ3) is 3.59. The third-order valence-corrected chi connectivity index (χ3v) is 3.35. The van der Waals surface area contributed by atoms with Gasteiger partial charge in [-0.15, -0.1) is 0 Å². The smallest absolute Gasteiger partial charge is 0.237 e. The van der Waals surface area contributed by atoms with E-state index in [-0.39, 0.29) is 11.9 Å². The van der Waals surface area contributed by atoms with Crippen LogP contribution < -0.4 is 15.4 Å². The van der Waals surface area contributed by atoms with Gasteiger partial charge < -0.3 is 20.5 Å². The number of carbonyl (C=O) groups is 1. The van der Waals surface area contributed by atoms with Crippen molar-refractivity contribution in [3.8, 4) is 5.75 Å². The van der Waals surface area contributed by atoms with Gasteiger partial charge in [-0.1, -0.05) is 11.6 Å². The van der Waals surface area contributed by atoms with Crippen LogP contribution in [0.5, 0.6) is 5.75 Å². The Balaban J connectivity index is 1.95. The number of benzene rings is 1. The number of amides is 1. The van der Waals surface area contributed by atoms with E-state index in [0.29, 0.717) is 30.3 Å². The molecule has 1 saturated heterocycles. The standard InChI is InChI=1S/C13H17ClN2O3/c1-19-12-3-2-9(14)4-8(12)6-16-13(18)11-5-10(17)7-15-11/h2-4,10-11,15,17H,5-7H2,1H3,(H,16,18). The summed E-state index contributed by atoms with van der Waals surface area (Å²) in [5, 5.41) is 15.7. The van der Waals surface area contributed by atoms with Gasteiger partial charge in [-0.25, -0.2) is 0 Å². The molecule has 19 heavy (non-hydrogen) atoms. The molecule has 1 aliphatic heterocycles. The normalized spacial score (nSPS) is 22.3. The van der Waals surface area contributed by atoms with Crippen molar-refractivity contribution in [1.29, 1.82) is 0 Å². The van der Waals surface area contributed by atoms with Crippen molar-refractivity contribution in [2.45, 2.75) is 25.1 Å². The number of nitrogens with one attached hydrogen (secondary N) is 2.